The van der Waals surface area contributed by atoms with Crippen LogP contribution in [-0.4, -0.2) is 57.8 Å². The van der Waals surface area contributed by atoms with Crippen molar-refractivity contribution >= 4 is 5.82 Å². The minimum Gasteiger partial charge on any atom is -0.507 e. The number of phenols is 1. The lowest BCUT2D eigenvalue weighted by molar-refractivity contribution is 0.344. The van der Waals surface area contributed by atoms with E-state index in [2.05, 4.69) is 30.6 Å². The van der Waals surface area contributed by atoms with E-state index in [1.54, 1.807) is 25.4 Å². The number of methoxy groups -OCH3 is 1. The molecule has 2 fully saturated rings. The number of aromatic nitrogens is 4. The first-order valence-corrected chi connectivity index (χ1v) is 11.7. The van der Waals surface area contributed by atoms with Gasteiger partial charge in [0.15, 0.2) is 5.82 Å². The highest BCUT2D eigenvalue weighted by molar-refractivity contribution is 5.74. The third-order valence-electron chi connectivity index (χ3n) is 6.69. The minimum absolute atomic E-state index is 0.142. The van der Waals surface area contributed by atoms with Crippen LogP contribution in [0.5, 0.6) is 11.6 Å². The smallest absolute Gasteiger partial charge is 0.233 e. The molecule has 1 aliphatic heterocycles. The molecule has 1 aromatic carbocycles. The van der Waals surface area contributed by atoms with E-state index in [0.717, 1.165) is 36.5 Å². The highest BCUT2D eigenvalue weighted by Gasteiger charge is 2.26. The molecule has 0 amide bonds. The van der Waals surface area contributed by atoms with E-state index in [4.69, 9.17) is 4.74 Å². The average molecular weight is 447 g/mol. The third kappa shape index (κ3) is 4.90. The molecule has 0 bridgehead atoms. The summed E-state index contributed by atoms with van der Waals surface area (Å²) in [6, 6.07) is 12.4. The van der Waals surface area contributed by atoms with Crippen LogP contribution in [0.25, 0.3) is 22.4 Å². The SMILES string of the molecule is COc1cc(-c2ccc(-c3ccc(N4CCC(NC5CCCCC5)C4)nn3)c(O)c2)cnn1. The fraction of sp³-hybridized carbons (Fsp3) is 0.440. The predicted molar refractivity (Wildman–Crippen MR) is 127 cm³/mol. The van der Waals surface area contributed by atoms with Crippen molar-refractivity contribution in [1.29, 1.82) is 0 Å². The number of anilines is 1. The zero-order chi connectivity index (χ0) is 22.6. The van der Waals surface area contributed by atoms with Crippen LogP contribution in [0.4, 0.5) is 5.82 Å². The Morgan fingerprint density at radius 2 is 1.82 bits per heavy atom. The normalized spacial score (nSPS) is 19.1. The number of phenolic OH excluding ortho intramolecular Hbond substituents is 1. The van der Waals surface area contributed by atoms with Gasteiger partial charge in [0.25, 0.3) is 0 Å². The van der Waals surface area contributed by atoms with Gasteiger partial charge in [0.1, 0.15) is 5.75 Å². The molecule has 3 heterocycles. The summed E-state index contributed by atoms with van der Waals surface area (Å²) in [5, 5.41) is 31.2. The van der Waals surface area contributed by atoms with Crippen molar-refractivity contribution in [3.05, 3.63) is 42.6 Å². The largest absolute Gasteiger partial charge is 0.507 e. The summed E-state index contributed by atoms with van der Waals surface area (Å²) in [6.07, 6.45) is 9.46. The van der Waals surface area contributed by atoms with E-state index < -0.39 is 0 Å². The van der Waals surface area contributed by atoms with E-state index in [1.165, 1.54) is 32.1 Å². The Hall–Kier alpha value is -3.26. The maximum Gasteiger partial charge on any atom is 0.233 e. The maximum atomic E-state index is 10.7. The predicted octanol–water partition coefficient (Wildman–Crippen LogP) is 3.82. The summed E-state index contributed by atoms with van der Waals surface area (Å²) in [4.78, 5) is 2.30. The van der Waals surface area contributed by atoms with Crippen LogP contribution in [0.2, 0.25) is 0 Å². The maximum absolute atomic E-state index is 10.7. The molecule has 0 radical (unpaired) electrons. The van der Waals surface area contributed by atoms with Gasteiger partial charge in [-0.15, -0.1) is 15.3 Å². The molecule has 2 N–H and O–H groups in total. The molecule has 1 saturated heterocycles. The highest BCUT2D eigenvalue weighted by Crippen LogP contribution is 2.33. The summed E-state index contributed by atoms with van der Waals surface area (Å²) in [7, 11) is 1.55. The van der Waals surface area contributed by atoms with Crippen molar-refractivity contribution in [3.8, 4) is 34.0 Å². The lowest BCUT2D eigenvalue weighted by Gasteiger charge is -2.26. The van der Waals surface area contributed by atoms with Crippen molar-refractivity contribution in [1.82, 2.24) is 25.7 Å². The van der Waals surface area contributed by atoms with Crippen molar-refractivity contribution in [2.24, 2.45) is 0 Å². The summed E-state index contributed by atoms with van der Waals surface area (Å²) in [5.74, 6) is 1.46. The second kappa shape index (κ2) is 9.70. The summed E-state index contributed by atoms with van der Waals surface area (Å²) < 4.78 is 5.14. The van der Waals surface area contributed by atoms with E-state index in [-0.39, 0.29) is 5.75 Å². The van der Waals surface area contributed by atoms with Crippen LogP contribution in [-0.2, 0) is 0 Å². The Morgan fingerprint density at radius 1 is 0.939 bits per heavy atom. The average Bonchev–Trinajstić information content (AvgIpc) is 3.33. The molecule has 172 valence electrons. The Morgan fingerprint density at radius 3 is 2.58 bits per heavy atom. The lowest BCUT2D eigenvalue weighted by atomic mass is 9.95. The van der Waals surface area contributed by atoms with Gasteiger partial charge in [-0.2, -0.15) is 5.10 Å². The van der Waals surface area contributed by atoms with Gasteiger partial charge in [-0.3, -0.25) is 0 Å². The van der Waals surface area contributed by atoms with E-state index in [0.29, 0.717) is 29.2 Å². The highest BCUT2D eigenvalue weighted by atomic mass is 16.5. The van der Waals surface area contributed by atoms with Gasteiger partial charge < -0.3 is 20.1 Å². The van der Waals surface area contributed by atoms with Gasteiger partial charge in [0, 0.05) is 42.4 Å². The first-order valence-electron chi connectivity index (χ1n) is 11.7. The van der Waals surface area contributed by atoms with E-state index >= 15 is 0 Å². The van der Waals surface area contributed by atoms with Crippen LogP contribution in [0.1, 0.15) is 38.5 Å². The van der Waals surface area contributed by atoms with Gasteiger partial charge in [0.05, 0.1) is 19.0 Å². The van der Waals surface area contributed by atoms with Gasteiger partial charge >= 0.3 is 0 Å². The zero-order valence-electron chi connectivity index (χ0n) is 18.9. The minimum atomic E-state index is 0.142. The fourth-order valence-electron chi connectivity index (χ4n) is 4.88. The van der Waals surface area contributed by atoms with Crippen molar-refractivity contribution in [2.75, 3.05) is 25.1 Å². The number of hydrogen-bond acceptors (Lipinski definition) is 8. The number of rotatable bonds is 6. The second-order valence-corrected chi connectivity index (χ2v) is 8.93. The molecular formula is C25H30N6O2. The Kier molecular flexibility index (Phi) is 6.35. The van der Waals surface area contributed by atoms with Crippen LogP contribution < -0.4 is 15.0 Å². The van der Waals surface area contributed by atoms with E-state index in [1.807, 2.05) is 24.3 Å². The molecule has 1 atom stereocenters. The molecule has 1 unspecified atom stereocenters. The van der Waals surface area contributed by atoms with Gasteiger partial charge in [-0.05, 0) is 49.1 Å². The molecule has 8 heteroatoms. The monoisotopic (exact) mass is 446 g/mol. The molecule has 0 spiro atoms. The Labute approximate surface area is 194 Å². The van der Waals surface area contributed by atoms with E-state index in [9.17, 15) is 5.11 Å². The number of hydrogen-bond donors (Lipinski definition) is 2. The van der Waals surface area contributed by atoms with Crippen LogP contribution in [0.3, 0.4) is 0 Å². The molecule has 33 heavy (non-hydrogen) atoms. The molecule has 1 saturated carbocycles. The molecule has 8 nitrogen and oxygen atoms in total. The second-order valence-electron chi connectivity index (χ2n) is 8.93. The number of aromatic hydroxyl groups is 1. The van der Waals surface area contributed by atoms with Crippen molar-refractivity contribution < 1.29 is 9.84 Å². The van der Waals surface area contributed by atoms with Gasteiger partial charge in [-0.1, -0.05) is 25.3 Å². The molecule has 2 aliphatic rings. The zero-order valence-corrected chi connectivity index (χ0v) is 18.9. The van der Waals surface area contributed by atoms with Crippen LogP contribution in [0.15, 0.2) is 42.6 Å². The van der Waals surface area contributed by atoms with Gasteiger partial charge in [-0.25, -0.2) is 0 Å². The molecule has 5 rings (SSSR count). The molecule has 1 aliphatic carbocycles. The number of nitrogens with one attached hydrogen (secondary N) is 1. The molecule has 2 aromatic heterocycles. The van der Waals surface area contributed by atoms with Crippen molar-refractivity contribution in [3.63, 3.8) is 0 Å². The van der Waals surface area contributed by atoms with Crippen molar-refractivity contribution in [2.45, 2.75) is 50.6 Å². The molecule has 3 aromatic rings. The van der Waals surface area contributed by atoms with Gasteiger partial charge in [0.2, 0.25) is 5.88 Å². The number of nitrogens with zero attached hydrogens (tertiary/aromatic N) is 5. The fourth-order valence-corrected chi connectivity index (χ4v) is 4.88. The Balaban J connectivity index is 1.25. The standard InChI is InChI=1S/C25H30N6O2/c1-33-25-14-18(15-26-30-25)17-7-8-21(23(32)13-17)22-9-10-24(29-28-22)31-12-11-20(16-31)27-19-5-3-2-4-6-19/h7-10,13-15,19-20,27,32H,2-6,11-12,16H2,1H3. The van der Waals surface area contributed by atoms with Crippen LogP contribution in [0, 0.1) is 0 Å². The van der Waals surface area contributed by atoms with Crippen LogP contribution >= 0.6 is 0 Å². The first kappa shape index (κ1) is 21.6. The summed E-state index contributed by atoms with van der Waals surface area (Å²) >= 11 is 0. The first-order chi connectivity index (χ1) is 16.2. The number of benzene rings is 1. The third-order valence-corrected chi connectivity index (χ3v) is 6.69. The Bertz CT molecular complexity index is 1080. The summed E-state index contributed by atoms with van der Waals surface area (Å²) in [5.41, 5.74) is 2.92. The topological polar surface area (TPSA) is 96.3 Å². The quantitative estimate of drug-likeness (QED) is 0.590. The molecular weight excluding hydrogens is 416 g/mol. The lowest BCUT2D eigenvalue weighted by Crippen LogP contribution is -2.41. The number of ether oxygens (including phenoxy) is 1. The summed E-state index contributed by atoms with van der Waals surface area (Å²) in [6.45, 7) is 1.95.